The van der Waals surface area contributed by atoms with E-state index in [2.05, 4.69) is 0 Å². The second-order valence-corrected chi connectivity index (χ2v) is 5.09. The number of ketones is 1. The Labute approximate surface area is 96.8 Å². The predicted octanol–water partition coefficient (Wildman–Crippen LogP) is 3.81. The smallest absolute Gasteiger partial charge is 0.164 e. The van der Waals surface area contributed by atoms with E-state index in [1.807, 2.05) is 0 Å². The topological polar surface area (TPSA) is 17.1 Å². The van der Waals surface area contributed by atoms with Crippen LogP contribution >= 0.6 is 35.0 Å². The highest BCUT2D eigenvalue weighted by atomic mass is 35.5. The first-order chi connectivity index (χ1) is 6.68. The highest BCUT2D eigenvalue weighted by Gasteiger charge is 2.18. The number of Topliss-reactive ketones (excluding diaryl/α,β-unsaturated/α-hetero) is 1. The Kier molecular flexibility index (Phi) is 3.05. The van der Waals surface area contributed by atoms with E-state index in [4.69, 9.17) is 23.2 Å². The Morgan fingerprint density at radius 2 is 2.07 bits per heavy atom. The van der Waals surface area contributed by atoms with Gasteiger partial charge in [0.1, 0.15) is 0 Å². The molecule has 14 heavy (non-hydrogen) atoms. The summed E-state index contributed by atoms with van der Waals surface area (Å²) >= 11 is 13.6. The zero-order valence-corrected chi connectivity index (χ0v) is 9.68. The molecule has 0 radical (unpaired) electrons. The van der Waals surface area contributed by atoms with E-state index in [1.54, 1.807) is 23.9 Å². The van der Waals surface area contributed by atoms with Crippen molar-refractivity contribution in [3.63, 3.8) is 0 Å². The Hall–Kier alpha value is -0.180. The predicted molar refractivity (Wildman–Crippen MR) is 61.6 cm³/mol. The van der Waals surface area contributed by atoms with Gasteiger partial charge in [-0.05, 0) is 17.7 Å². The monoisotopic (exact) mass is 246 g/mol. The number of benzene rings is 1. The molecule has 1 heterocycles. The van der Waals surface area contributed by atoms with Gasteiger partial charge in [0.25, 0.3) is 0 Å². The van der Waals surface area contributed by atoms with Crippen molar-refractivity contribution >= 4 is 40.7 Å². The van der Waals surface area contributed by atoms with Gasteiger partial charge < -0.3 is 0 Å². The molecule has 0 N–H and O–H groups in total. The van der Waals surface area contributed by atoms with Crippen molar-refractivity contribution in [3.8, 4) is 0 Å². The molecule has 0 bridgehead atoms. The third-order valence-electron chi connectivity index (χ3n) is 2.18. The minimum absolute atomic E-state index is 0.148. The molecule has 0 saturated carbocycles. The third-order valence-corrected chi connectivity index (χ3v) is 3.72. The molecule has 2 rings (SSSR count). The van der Waals surface area contributed by atoms with E-state index in [9.17, 15) is 4.79 Å². The standard InChI is InChI=1S/C10H8Cl2OS/c11-6-3-7-8(9(12)4-6)5-14-2-1-10(7)13/h3-4H,1-2,5H2. The first kappa shape index (κ1) is 10.3. The average Bonchev–Trinajstić information content (AvgIpc) is 2.29. The Balaban J connectivity index is 2.58. The third kappa shape index (κ3) is 1.92. The van der Waals surface area contributed by atoms with Gasteiger partial charge in [-0.25, -0.2) is 0 Å². The molecule has 0 aliphatic carbocycles. The fourth-order valence-electron chi connectivity index (χ4n) is 1.47. The van der Waals surface area contributed by atoms with Gasteiger partial charge in [0.2, 0.25) is 0 Å². The van der Waals surface area contributed by atoms with Gasteiger partial charge in [-0.3, -0.25) is 4.79 Å². The van der Waals surface area contributed by atoms with Crippen molar-refractivity contribution in [1.82, 2.24) is 0 Å². The lowest BCUT2D eigenvalue weighted by Crippen LogP contribution is -2.01. The van der Waals surface area contributed by atoms with Gasteiger partial charge >= 0.3 is 0 Å². The zero-order chi connectivity index (χ0) is 10.1. The quantitative estimate of drug-likeness (QED) is 0.693. The van der Waals surface area contributed by atoms with Crippen LogP contribution in [0.15, 0.2) is 12.1 Å². The fraction of sp³-hybridized carbons (Fsp3) is 0.300. The van der Waals surface area contributed by atoms with Gasteiger partial charge in [0.15, 0.2) is 5.78 Å². The summed E-state index contributed by atoms with van der Waals surface area (Å²) in [5.74, 6) is 1.81. The summed E-state index contributed by atoms with van der Waals surface area (Å²) < 4.78 is 0. The first-order valence-electron chi connectivity index (χ1n) is 4.27. The molecule has 0 saturated heterocycles. The largest absolute Gasteiger partial charge is 0.294 e. The van der Waals surface area contributed by atoms with Crippen LogP contribution in [0.25, 0.3) is 0 Å². The molecule has 0 aromatic heterocycles. The Bertz CT molecular complexity index is 390. The lowest BCUT2D eigenvalue weighted by molar-refractivity contribution is 0.0989. The number of hydrogen-bond donors (Lipinski definition) is 0. The lowest BCUT2D eigenvalue weighted by Gasteiger charge is -2.06. The normalized spacial score (nSPS) is 16.3. The molecule has 0 amide bonds. The summed E-state index contributed by atoms with van der Waals surface area (Å²) in [5, 5.41) is 1.14. The molecule has 0 fully saturated rings. The van der Waals surface area contributed by atoms with E-state index in [1.165, 1.54) is 0 Å². The van der Waals surface area contributed by atoms with Gasteiger partial charge in [0.05, 0.1) is 0 Å². The van der Waals surface area contributed by atoms with Crippen molar-refractivity contribution in [2.24, 2.45) is 0 Å². The van der Waals surface area contributed by atoms with E-state index < -0.39 is 0 Å². The van der Waals surface area contributed by atoms with Crippen LogP contribution in [-0.2, 0) is 5.75 Å². The van der Waals surface area contributed by atoms with Gasteiger partial charge in [-0.15, -0.1) is 0 Å². The number of fused-ring (bicyclic) bond motifs is 1. The SMILES string of the molecule is O=C1CCSCc2c(Cl)cc(Cl)cc21. The van der Waals surface area contributed by atoms with E-state index in [0.29, 0.717) is 22.0 Å². The summed E-state index contributed by atoms with van der Waals surface area (Å²) in [5.41, 5.74) is 1.64. The van der Waals surface area contributed by atoms with Crippen LogP contribution in [0.5, 0.6) is 0 Å². The molecule has 1 aliphatic rings. The Morgan fingerprint density at radius 3 is 2.86 bits per heavy atom. The summed E-state index contributed by atoms with van der Waals surface area (Å²) in [6.45, 7) is 0. The maximum atomic E-state index is 11.7. The zero-order valence-electron chi connectivity index (χ0n) is 7.35. The van der Waals surface area contributed by atoms with Crippen molar-refractivity contribution in [2.45, 2.75) is 12.2 Å². The molecule has 1 aromatic rings. The van der Waals surface area contributed by atoms with Crippen molar-refractivity contribution in [3.05, 3.63) is 33.3 Å². The molecule has 1 nitrogen and oxygen atoms in total. The molecule has 0 spiro atoms. The highest BCUT2D eigenvalue weighted by Crippen LogP contribution is 2.32. The second kappa shape index (κ2) is 4.13. The van der Waals surface area contributed by atoms with E-state index in [0.717, 1.165) is 17.1 Å². The van der Waals surface area contributed by atoms with E-state index in [-0.39, 0.29) is 5.78 Å². The number of carbonyl (C=O) groups excluding carboxylic acids is 1. The lowest BCUT2D eigenvalue weighted by atomic mass is 10.0. The van der Waals surface area contributed by atoms with Crippen LogP contribution in [0.3, 0.4) is 0 Å². The Morgan fingerprint density at radius 1 is 1.29 bits per heavy atom. The molecule has 0 atom stereocenters. The fourth-order valence-corrected chi connectivity index (χ4v) is 3.10. The summed E-state index contributed by atoms with van der Waals surface area (Å²) in [6.07, 6.45) is 0.578. The average molecular weight is 247 g/mol. The number of thioether (sulfide) groups is 1. The van der Waals surface area contributed by atoms with Gasteiger partial charge in [0, 0.05) is 33.5 Å². The van der Waals surface area contributed by atoms with Crippen LogP contribution in [0.1, 0.15) is 22.3 Å². The molecule has 1 aliphatic heterocycles. The van der Waals surface area contributed by atoms with Crippen LogP contribution < -0.4 is 0 Å². The maximum Gasteiger partial charge on any atom is 0.164 e. The highest BCUT2D eigenvalue weighted by molar-refractivity contribution is 7.98. The maximum absolute atomic E-state index is 11.7. The van der Waals surface area contributed by atoms with Crippen molar-refractivity contribution < 1.29 is 4.79 Å². The first-order valence-corrected chi connectivity index (χ1v) is 6.18. The summed E-state index contributed by atoms with van der Waals surface area (Å²) in [7, 11) is 0. The van der Waals surface area contributed by atoms with Crippen LogP contribution in [0.4, 0.5) is 0 Å². The molecular weight excluding hydrogens is 239 g/mol. The molecular formula is C10H8Cl2OS. The summed E-state index contributed by atoms with van der Waals surface area (Å²) in [6, 6.07) is 3.41. The van der Waals surface area contributed by atoms with Gasteiger partial charge in [-0.1, -0.05) is 23.2 Å². The summed E-state index contributed by atoms with van der Waals surface area (Å²) in [4.78, 5) is 11.7. The van der Waals surface area contributed by atoms with Crippen LogP contribution in [-0.4, -0.2) is 11.5 Å². The van der Waals surface area contributed by atoms with Crippen molar-refractivity contribution in [2.75, 3.05) is 5.75 Å². The van der Waals surface area contributed by atoms with Gasteiger partial charge in [-0.2, -0.15) is 11.8 Å². The number of carbonyl (C=O) groups is 1. The molecule has 1 aromatic carbocycles. The molecule has 74 valence electrons. The molecule has 4 heteroatoms. The number of hydrogen-bond acceptors (Lipinski definition) is 2. The van der Waals surface area contributed by atoms with Crippen LogP contribution in [0, 0.1) is 0 Å². The van der Waals surface area contributed by atoms with Crippen molar-refractivity contribution in [1.29, 1.82) is 0 Å². The number of rotatable bonds is 0. The second-order valence-electron chi connectivity index (χ2n) is 3.14. The molecule has 0 unspecified atom stereocenters. The van der Waals surface area contributed by atoms with E-state index >= 15 is 0 Å². The number of halogens is 2. The minimum Gasteiger partial charge on any atom is -0.294 e. The minimum atomic E-state index is 0.148. The van der Waals surface area contributed by atoms with Crippen LogP contribution in [0.2, 0.25) is 10.0 Å².